The summed E-state index contributed by atoms with van der Waals surface area (Å²) in [4.78, 5) is 14.7. The number of benzene rings is 2. The summed E-state index contributed by atoms with van der Waals surface area (Å²) in [7, 11) is -3.93. The van der Waals surface area contributed by atoms with E-state index < -0.39 is 21.9 Å². The van der Waals surface area contributed by atoms with E-state index in [0.717, 1.165) is 24.1 Å². The smallest absolute Gasteiger partial charge is 0.241 e. The molecule has 1 amide bonds. The highest BCUT2D eigenvalue weighted by Gasteiger charge is 2.33. The number of hydrogen-bond donors (Lipinski definition) is 1. The molecule has 3 rings (SSSR count). The van der Waals surface area contributed by atoms with Gasteiger partial charge < -0.3 is 4.90 Å². The Hall–Kier alpha value is -2.25. The topological polar surface area (TPSA) is 66.5 Å². The van der Waals surface area contributed by atoms with Crippen molar-refractivity contribution >= 4 is 15.9 Å². The highest BCUT2D eigenvalue weighted by Crippen LogP contribution is 2.21. The average molecular weight is 390 g/mol. The molecule has 0 bridgehead atoms. The Morgan fingerprint density at radius 1 is 1.07 bits per heavy atom. The van der Waals surface area contributed by atoms with Gasteiger partial charge in [-0.2, -0.15) is 4.72 Å². The minimum absolute atomic E-state index is 0.0636. The van der Waals surface area contributed by atoms with Crippen molar-refractivity contribution in [3.63, 3.8) is 0 Å². The van der Waals surface area contributed by atoms with Gasteiger partial charge in [0.1, 0.15) is 11.9 Å². The molecule has 0 aromatic heterocycles. The molecule has 27 heavy (non-hydrogen) atoms. The van der Waals surface area contributed by atoms with E-state index in [0.29, 0.717) is 13.1 Å². The third-order valence-electron chi connectivity index (χ3n) is 4.78. The molecule has 0 spiro atoms. The molecule has 0 saturated heterocycles. The van der Waals surface area contributed by atoms with Gasteiger partial charge in [-0.15, -0.1) is 0 Å². The fourth-order valence-electron chi connectivity index (χ4n) is 3.20. The van der Waals surface area contributed by atoms with Crippen LogP contribution in [-0.2, 0) is 27.8 Å². The first-order valence-corrected chi connectivity index (χ1v) is 10.4. The largest absolute Gasteiger partial charge is 0.337 e. The molecule has 1 heterocycles. The molecular formula is C20H23FN2O3S. The number of nitrogens with one attached hydrogen (secondary N) is 1. The highest BCUT2D eigenvalue weighted by molar-refractivity contribution is 7.89. The quantitative estimate of drug-likeness (QED) is 0.854. The van der Waals surface area contributed by atoms with Crippen molar-refractivity contribution in [1.29, 1.82) is 0 Å². The van der Waals surface area contributed by atoms with Crippen molar-refractivity contribution in [2.24, 2.45) is 5.92 Å². The summed E-state index contributed by atoms with van der Waals surface area (Å²) in [6.45, 7) is 4.62. The van der Waals surface area contributed by atoms with E-state index >= 15 is 0 Å². The van der Waals surface area contributed by atoms with Crippen LogP contribution in [0.2, 0.25) is 0 Å². The number of carbonyl (C=O) groups excluding carboxylic acids is 1. The highest BCUT2D eigenvalue weighted by atomic mass is 32.2. The first kappa shape index (κ1) is 19.5. The van der Waals surface area contributed by atoms with Crippen molar-refractivity contribution in [1.82, 2.24) is 9.62 Å². The summed E-state index contributed by atoms with van der Waals surface area (Å²) in [5, 5.41) is 0. The van der Waals surface area contributed by atoms with E-state index in [-0.39, 0.29) is 16.7 Å². The van der Waals surface area contributed by atoms with Gasteiger partial charge in [0.25, 0.3) is 0 Å². The molecule has 0 aliphatic carbocycles. The zero-order valence-electron chi connectivity index (χ0n) is 15.4. The molecular weight excluding hydrogens is 367 g/mol. The molecule has 0 unspecified atom stereocenters. The average Bonchev–Trinajstić information content (AvgIpc) is 2.65. The number of amides is 1. The SMILES string of the molecule is CC(C)[C@H](NS(=O)(=O)c1ccc(F)cc1)C(=O)N1CCc2ccccc2C1. The molecule has 1 atom stereocenters. The second-order valence-electron chi connectivity index (χ2n) is 7.08. The van der Waals surface area contributed by atoms with Crippen LogP contribution < -0.4 is 4.72 Å². The van der Waals surface area contributed by atoms with Gasteiger partial charge in [0, 0.05) is 13.1 Å². The zero-order valence-corrected chi connectivity index (χ0v) is 16.2. The first-order chi connectivity index (χ1) is 12.8. The monoisotopic (exact) mass is 390 g/mol. The van der Waals surface area contributed by atoms with Crippen LogP contribution in [0.15, 0.2) is 53.4 Å². The molecule has 0 saturated carbocycles. The molecule has 7 heteroatoms. The number of halogens is 1. The van der Waals surface area contributed by atoms with Crippen molar-refractivity contribution in [2.45, 2.75) is 37.8 Å². The van der Waals surface area contributed by atoms with Gasteiger partial charge in [-0.3, -0.25) is 4.79 Å². The summed E-state index contributed by atoms with van der Waals surface area (Å²) in [6, 6.07) is 11.6. The Balaban J connectivity index is 1.79. The molecule has 5 nitrogen and oxygen atoms in total. The Morgan fingerprint density at radius 3 is 2.33 bits per heavy atom. The lowest BCUT2D eigenvalue weighted by Crippen LogP contribution is -2.52. The van der Waals surface area contributed by atoms with E-state index in [1.165, 1.54) is 17.7 Å². The van der Waals surface area contributed by atoms with Gasteiger partial charge in [0.05, 0.1) is 4.90 Å². The van der Waals surface area contributed by atoms with Crippen LogP contribution in [0.3, 0.4) is 0 Å². The molecule has 1 aliphatic rings. The van der Waals surface area contributed by atoms with E-state index in [1.807, 2.05) is 24.3 Å². The predicted octanol–water partition coefficient (Wildman–Crippen LogP) is 2.71. The first-order valence-electron chi connectivity index (χ1n) is 8.91. The van der Waals surface area contributed by atoms with Crippen LogP contribution in [0, 0.1) is 11.7 Å². The number of hydrogen-bond acceptors (Lipinski definition) is 3. The normalized spacial score (nSPS) is 15.5. The number of carbonyl (C=O) groups is 1. The van der Waals surface area contributed by atoms with Crippen molar-refractivity contribution in [2.75, 3.05) is 6.54 Å². The van der Waals surface area contributed by atoms with Gasteiger partial charge in [0.2, 0.25) is 15.9 Å². The third-order valence-corrected chi connectivity index (χ3v) is 6.24. The molecule has 0 fully saturated rings. The van der Waals surface area contributed by atoms with Crippen LogP contribution in [0.1, 0.15) is 25.0 Å². The molecule has 1 N–H and O–H groups in total. The maximum absolute atomic E-state index is 13.1. The number of nitrogens with zero attached hydrogens (tertiary/aromatic N) is 1. The van der Waals surface area contributed by atoms with Crippen LogP contribution >= 0.6 is 0 Å². The Bertz CT molecular complexity index is 926. The minimum atomic E-state index is -3.93. The minimum Gasteiger partial charge on any atom is -0.337 e. The Morgan fingerprint density at radius 2 is 1.70 bits per heavy atom. The maximum atomic E-state index is 13.1. The molecule has 0 radical (unpaired) electrons. The predicted molar refractivity (Wildman–Crippen MR) is 101 cm³/mol. The third kappa shape index (κ3) is 4.36. The summed E-state index contributed by atoms with van der Waals surface area (Å²) in [5.74, 6) is -0.993. The van der Waals surface area contributed by atoms with E-state index in [9.17, 15) is 17.6 Å². The van der Waals surface area contributed by atoms with Gasteiger partial charge in [-0.25, -0.2) is 12.8 Å². The number of sulfonamides is 1. The lowest BCUT2D eigenvalue weighted by atomic mass is 9.97. The van der Waals surface area contributed by atoms with Crippen LogP contribution in [0.4, 0.5) is 4.39 Å². The summed E-state index contributed by atoms with van der Waals surface area (Å²) < 4.78 is 40.9. The standard InChI is InChI=1S/C20H23FN2O3S/c1-14(2)19(22-27(25,26)18-9-7-17(21)8-10-18)20(24)23-12-11-15-5-3-4-6-16(15)13-23/h3-10,14,19,22H,11-13H2,1-2H3/t19-/m0/s1. The van der Waals surface area contributed by atoms with Gasteiger partial charge in [-0.05, 0) is 47.7 Å². The van der Waals surface area contributed by atoms with Gasteiger partial charge in [-0.1, -0.05) is 38.1 Å². The summed E-state index contributed by atoms with van der Waals surface area (Å²) in [6.07, 6.45) is 0.747. The Kier molecular flexibility index (Phi) is 5.62. The molecule has 2 aromatic rings. The second-order valence-corrected chi connectivity index (χ2v) is 8.79. The zero-order chi connectivity index (χ0) is 19.6. The fourth-order valence-corrected chi connectivity index (χ4v) is 4.54. The van der Waals surface area contributed by atoms with Crippen molar-refractivity contribution in [3.8, 4) is 0 Å². The lowest BCUT2D eigenvalue weighted by molar-refractivity contribution is -0.135. The molecule has 2 aromatic carbocycles. The van der Waals surface area contributed by atoms with Crippen molar-refractivity contribution < 1.29 is 17.6 Å². The van der Waals surface area contributed by atoms with E-state index in [4.69, 9.17) is 0 Å². The van der Waals surface area contributed by atoms with Crippen LogP contribution in [0.5, 0.6) is 0 Å². The number of fused-ring (bicyclic) bond motifs is 1. The molecule has 1 aliphatic heterocycles. The van der Waals surface area contributed by atoms with Gasteiger partial charge in [0.15, 0.2) is 0 Å². The lowest BCUT2D eigenvalue weighted by Gasteiger charge is -2.33. The van der Waals surface area contributed by atoms with Crippen LogP contribution in [-0.4, -0.2) is 31.8 Å². The van der Waals surface area contributed by atoms with Gasteiger partial charge >= 0.3 is 0 Å². The van der Waals surface area contributed by atoms with Crippen molar-refractivity contribution in [3.05, 3.63) is 65.5 Å². The Labute approximate surface area is 159 Å². The summed E-state index contributed by atoms with van der Waals surface area (Å²) in [5.41, 5.74) is 2.30. The summed E-state index contributed by atoms with van der Waals surface area (Å²) >= 11 is 0. The van der Waals surface area contributed by atoms with Crippen LogP contribution in [0.25, 0.3) is 0 Å². The van der Waals surface area contributed by atoms with E-state index in [2.05, 4.69) is 4.72 Å². The molecule has 144 valence electrons. The second kappa shape index (κ2) is 7.78. The number of rotatable bonds is 5. The van der Waals surface area contributed by atoms with E-state index in [1.54, 1.807) is 18.7 Å². The fraction of sp³-hybridized carbons (Fsp3) is 0.350. The maximum Gasteiger partial charge on any atom is 0.241 e.